The summed E-state index contributed by atoms with van der Waals surface area (Å²) in [6, 6.07) is 6.48. The van der Waals surface area contributed by atoms with Crippen LogP contribution in [0.2, 0.25) is 0 Å². The summed E-state index contributed by atoms with van der Waals surface area (Å²) in [4.78, 5) is 11.8. The van der Waals surface area contributed by atoms with E-state index in [-0.39, 0.29) is 17.2 Å². The summed E-state index contributed by atoms with van der Waals surface area (Å²) in [5.41, 5.74) is 10.6. The maximum atomic E-state index is 11.8. The van der Waals surface area contributed by atoms with Crippen LogP contribution in [0.1, 0.15) is 44.4 Å². The Balaban J connectivity index is 2.59. The molecule has 0 aliphatic heterocycles. The Morgan fingerprint density at radius 1 is 1.24 bits per heavy atom. The van der Waals surface area contributed by atoms with Crippen LogP contribution in [0, 0.1) is 11.3 Å². The van der Waals surface area contributed by atoms with E-state index in [4.69, 9.17) is 5.73 Å². The molecular weight excluding hydrogens is 258 g/mol. The number of carbonyl (C=O) groups excluding carboxylic acids is 1. The summed E-state index contributed by atoms with van der Waals surface area (Å²) >= 11 is 0. The first-order valence-corrected chi connectivity index (χ1v) is 7.72. The van der Waals surface area contributed by atoms with Gasteiger partial charge in [-0.3, -0.25) is 4.79 Å². The van der Waals surface area contributed by atoms with Crippen LogP contribution in [0.15, 0.2) is 36.4 Å². The molecule has 1 aromatic rings. The summed E-state index contributed by atoms with van der Waals surface area (Å²) in [6.45, 7) is 8.59. The molecular formula is C19H25NO. The van der Waals surface area contributed by atoms with Gasteiger partial charge in [0.25, 0.3) is 0 Å². The number of hydrogen-bond donors (Lipinski definition) is 1. The molecule has 2 heteroatoms. The van der Waals surface area contributed by atoms with Crippen LogP contribution in [0.25, 0.3) is 5.57 Å². The van der Waals surface area contributed by atoms with Crippen molar-refractivity contribution in [2.45, 2.75) is 40.5 Å². The third kappa shape index (κ3) is 2.67. The van der Waals surface area contributed by atoms with E-state index < -0.39 is 0 Å². The number of carbonyl (C=O) groups is 1. The van der Waals surface area contributed by atoms with Crippen LogP contribution in [0.5, 0.6) is 0 Å². The lowest BCUT2D eigenvalue weighted by molar-refractivity contribution is -0.122. The van der Waals surface area contributed by atoms with Crippen molar-refractivity contribution in [3.63, 3.8) is 0 Å². The summed E-state index contributed by atoms with van der Waals surface area (Å²) in [5.74, 6) is -0.515. The number of rotatable bonds is 4. The smallest absolute Gasteiger partial charge is 0.225 e. The predicted octanol–water partition coefficient (Wildman–Crippen LogP) is 3.89. The molecule has 0 radical (unpaired) electrons. The van der Waals surface area contributed by atoms with Gasteiger partial charge in [-0.1, -0.05) is 64.1 Å². The van der Waals surface area contributed by atoms with Crippen molar-refractivity contribution in [3.8, 4) is 0 Å². The number of benzene rings is 1. The monoisotopic (exact) mass is 283 g/mol. The van der Waals surface area contributed by atoms with Crippen molar-refractivity contribution in [1.82, 2.24) is 0 Å². The van der Waals surface area contributed by atoms with Crippen LogP contribution in [0.4, 0.5) is 0 Å². The van der Waals surface area contributed by atoms with Gasteiger partial charge in [0, 0.05) is 5.41 Å². The quantitative estimate of drug-likeness (QED) is 0.895. The van der Waals surface area contributed by atoms with E-state index in [1.165, 1.54) is 22.3 Å². The second kappa shape index (κ2) is 5.88. The normalized spacial score (nSPS) is 20.2. The van der Waals surface area contributed by atoms with Crippen LogP contribution >= 0.6 is 0 Å². The van der Waals surface area contributed by atoms with Crippen LogP contribution < -0.4 is 5.73 Å². The number of allylic oxidation sites excluding steroid dienone is 3. The molecule has 1 atom stereocenters. The van der Waals surface area contributed by atoms with E-state index in [9.17, 15) is 4.79 Å². The van der Waals surface area contributed by atoms with Gasteiger partial charge in [0.1, 0.15) is 0 Å². The molecule has 0 aromatic heterocycles. The van der Waals surface area contributed by atoms with E-state index in [0.717, 1.165) is 12.8 Å². The molecule has 1 unspecified atom stereocenters. The molecule has 1 aliphatic rings. The van der Waals surface area contributed by atoms with Gasteiger partial charge in [-0.15, -0.1) is 0 Å². The van der Waals surface area contributed by atoms with E-state index >= 15 is 0 Å². The zero-order chi connectivity index (χ0) is 15.6. The molecule has 1 aromatic carbocycles. The summed E-state index contributed by atoms with van der Waals surface area (Å²) in [6.07, 6.45) is 8.04. The molecule has 2 N–H and O–H groups in total. The molecule has 1 amide bonds. The van der Waals surface area contributed by atoms with Gasteiger partial charge in [-0.25, -0.2) is 0 Å². The minimum absolute atomic E-state index is 0.257. The minimum atomic E-state index is -0.281. The van der Waals surface area contributed by atoms with Crippen molar-refractivity contribution in [2.24, 2.45) is 17.1 Å². The molecule has 0 saturated heterocycles. The number of amides is 1. The third-order valence-electron chi connectivity index (χ3n) is 4.64. The first kappa shape index (κ1) is 15.6. The summed E-state index contributed by atoms with van der Waals surface area (Å²) in [7, 11) is 0. The van der Waals surface area contributed by atoms with E-state index in [1.54, 1.807) is 0 Å². The molecule has 21 heavy (non-hydrogen) atoms. The first-order chi connectivity index (χ1) is 9.93. The Hall–Kier alpha value is -1.83. The van der Waals surface area contributed by atoms with Crippen molar-refractivity contribution in [2.75, 3.05) is 0 Å². The maximum Gasteiger partial charge on any atom is 0.225 e. The Morgan fingerprint density at radius 2 is 1.95 bits per heavy atom. The fourth-order valence-electron chi connectivity index (χ4n) is 3.41. The zero-order valence-corrected chi connectivity index (χ0v) is 13.4. The van der Waals surface area contributed by atoms with Crippen LogP contribution in [-0.4, -0.2) is 5.91 Å². The first-order valence-electron chi connectivity index (χ1n) is 7.72. The third-order valence-corrected chi connectivity index (χ3v) is 4.64. The molecule has 2 nitrogen and oxygen atoms in total. The Bertz CT molecular complexity index is 608. The standard InChI is InChI=1S/C19H25NO/c1-5-13-9-7-10-15(14(13)6-2)16-11-8-12-17(18(20)21)19(16,3)4/h7-12,17H,5-6H2,1-4H3,(H2,20,21). The highest BCUT2D eigenvalue weighted by Gasteiger charge is 2.38. The van der Waals surface area contributed by atoms with Gasteiger partial charge < -0.3 is 5.73 Å². The molecule has 0 bridgehead atoms. The highest BCUT2D eigenvalue weighted by Crippen LogP contribution is 2.45. The van der Waals surface area contributed by atoms with Gasteiger partial charge in [0.05, 0.1) is 5.92 Å². The minimum Gasteiger partial charge on any atom is -0.369 e. The Morgan fingerprint density at radius 3 is 2.52 bits per heavy atom. The molecule has 2 rings (SSSR count). The fourth-order valence-corrected chi connectivity index (χ4v) is 3.41. The maximum absolute atomic E-state index is 11.8. The van der Waals surface area contributed by atoms with Crippen LogP contribution in [-0.2, 0) is 17.6 Å². The lowest BCUT2D eigenvalue weighted by atomic mass is 9.67. The number of primary amides is 1. The molecule has 0 fully saturated rings. The van der Waals surface area contributed by atoms with Crippen LogP contribution in [0.3, 0.4) is 0 Å². The average Bonchev–Trinajstić information content (AvgIpc) is 2.45. The highest BCUT2D eigenvalue weighted by molar-refractivity contribution is 5.86. The van der Waals surface area contributed by atoms with Gasteiger partial charge in [0.15, 0.2) is 0 Å². The summed E-state index contributed by atoms with van der Waals surface area (Å²) < 4.78 is 0. The fraction of sp³-hybridized carbons (Fsp3) is 0.421. The molecule has 1 aliphatic carbocycles. The van der Waals surface area contributed by atoms with Gasteiger partial charge in [-0.05, 0) is 35.1 Å². The number of hydrogen-bond acceptors (Lipinski definition) is 1. The number of nitrogens with two attached hydrogens (primary N) is 1. The Labute approximate surface area is 127 Å². The number of aryl methyl sites for hydroxylation is 1. The van der Waals surface area contributed by atoms with Gasteiger partial charge in [0.2, 0.25) is 5.91 Å². The summed E-state index contributed by atoms with van der Waals surface area (Å²) in [5, 5.41) is 0. The van der Waals surface area contributed by atoms with Gasteiger partial charge in [-0.2, -0.15) is 0 Å². The highest BCUT2D eigenvalue weighted by atomic mass is 16.1. The zero-order valence-electron chi connectivity index (χ0n) is 13.4. The SMILES string of the molecule is CCc1cccc(C2=CC=CC(C(N)=O)C2(C)C)c1CC. The second-order valence-corrected chi connectivity index (χ2v) is 6.22. The molecule has 0 saturated carbocycles. The van der Waals surface area contributed by atoms with Crippen molar-refractivity contribution >= 4 is 11.5 Å². The Kier molecular flexibility index (Phi) is 4.36. The lowest BCUT2D eigenvalue weighted by Crippen LogP contribution is -2.36. The van der Waals surface area contributed by atoms with E-state index in [1.807, 2.05) is 12.2 Å². The molecule has 112 valence electrons. The van der Waals surface area contributed by atoms with Crippen molar-refractivity contribution < 1.29 is 4.79 Å². The van der Waals surface area contributed by atoms with Crippen molar-refractivity contribution in [1.29, 1.82) is 0 Å². The van der Waals surface area contributed by atoms with E-state index in [0.29, 0.717) is 0 Å². The van der Waals surface area contributed by atoms with Gasteiger partial charge >= 0.3 is 0 Å². The molecule has 0 heterocycles. The lowest BCUT2D eigenvalue weighted by Gasteiger charge is -2.36. The molecule has 0 spiro atoms. The second-order valence-electron chi connectivity index (χ2n) is 6.22. The topological polar surface area (TPSA) is 43.1 Å². The average molecular weight is 283 g/mol. The van der Waals surface area contributed by atoms with E-state index in [2.05, 4.69) is 52.0 Å². The largest absolute Gasteiger partial charge is 0.369 e. The predicted molar refractivity (Wildman–Crippen MR) is 88.8 cm³/mol. The van der Waals surface area contributed by atoms with Crippen molar-refractivity contribution in [3.05, 3.63) is 53.1 Å².